The second-order valence-electron chi connectivity index (χ2n) is 28.3. The smallest absolute Gasteiger partial charge is 0.330 e. The molecule has 0 aliphatic carbocycles. The molecule has 5 N–H and O–H groups in total. The number of nitrogens with one attached hydrogen (secondary N) is 4. The first-order valence-corrected chi connectivity index (χ1v) is 43.3. The molecule has 7 heterocycles. The summed E-state index contributed by atoms with van der Waals surface area (Å²) in [7, 11) is -7.17. The normalized spacial score (nSPS) is 16.4. The number of nitrogens with zero attached hydrogens (tertiary/aromatic N) is 10. The molecule has 3 aliphatic rings. The fourth-order valence-electron chi connectivity index (χ4n) is 13.7. The number of benzene rings is 4. The molecule has 4 aromatic heterocycles. The lowest BCUT2D eigenvalue weighted by Crippen LogP contribution is -2.34. The number of para-hydroxylation sites is 2. The second kappa shape index (κ2) is 43.1. The second-order valence-corrected chi connectivity index (χ2v) is 32.3. The summed E-state index contributed by atoms with van der Waals surface area (Å²) >= 11 is 0. The topological polar surface area (TPSA) is 407 Å². The van der Waals surface area contributed by atoms with Gasteiger partial charge in [0.1, 0.15) is 17.6 Å². The van der Waals surface area contributed by atoms with Gasteiger partial charge in [-0.25, -0.2) is 19.0 Å². The van der Waals surface area contributed by atoms with Crippen molar-refractivity contribution in [3.8, 4) is 45.0 Å². The molecule has 4 amide bonds. The van der Waals surface area contributed by atoms with E-state index < -0.39 is 68.3 Å². The number of H-pyrrole nitrogens is 2. The van der Waals surface area contributed by atoms with Crippen molar-refractivity contribution >= 4 is 50.2 Å². The summed E-state index contributed by atoms with van der Waals surface area (Å²) in [6, 6.07) is 31.0. The molecule has 0 radical (unpaired) electrons. The van der Waals surface area contributed by atoms with E-state index in [0.29, 0.717) is 99.3 Å². The van der Waals surface area contributed by atoms with Gasteiger partial charge in [-0.1, -0.05) is 123 Å². The number of hydrogen-bond acceptors (Lipinski definition) is 24. The van der Waals surface area contributed by atoms with E-state index >= 15 is 0 Å². The lowest BCUT2D eigenvalue weighted by atomic mass is 9.95. The third-order valence-electron chi connectivity index (χ3n) is 19.5. The summed E-state index contributed by atoms with van der Waals surface area (Å²) in [6.45, 7) is 18.5. The van der Waals surface area contributed by atoms with Gasteiger partial charge in [0.05, 0.1) is 126 Å². The van der Waals surface area contributed by atoms with Gasteiger partial charge in [0, 0.05) is 127 Å². The van der Waals surface area contributed by atoms with Crippen molar-refractivity contribution < 1.29 is 78.0 Å². The molecule has 36 heteroatoms. The van der Waals surface area contributed by atoms with Crippen molar-refractivity contribution in [2.75, 3.05) is 102 Å². The first-order chi connectivity index (χ1) is 55.9. The minimum atomic E-state index is -3.64. The molecular weight excluding hydrogens is 1540 g/mol. The van der Waals surface area contributed by atoms with Gasteiger partial charge in [0.25, 0.3) is 11.1 Å². The Morgan fingerprint density at radius 1 is 0.578 bits per heavy atom. The van der Waals surface area contributed by atoms with Crippen molar-refractivity contribution in [2.45, 2.75) is 169 Å². The van der Waals surface area contributed by atoms with Crippen LogP contribution in [0.15, 0.2) is 129 Å². The monoisotopic (exact) mass is 1650 g/mol. The van der Waals surface area contributed by atoms with E-state index in [2.05, 4.69) is 55.1 Å². The van der Waals surface area contributed by atoms with Crippen LogP contribution in [-0.4, -0.2) is 195 Å². The zero-order valence-electron chi connectivity index (χ0n) is 66.9. The lowest BCUT2D eigenvalue weighted by molar-refractivity contribution is -0.125. The van der Waals surface area contributed by atoms with E-state index in [1.54, 1.807) is 30.6 Å². The third kappa shape index (κ3) is 24.1. The average Bonchev–Trinajstić information content (AvgIpc) is 1.56. The fourth-order valence-corrected chi connectivity index (χ4v) is 16.0. The highest BCUT2D eigenvalue weighted by Crippen LogP contribution is 2.50. The van der Waals surface area contributed by atoms with E-state index in [4.69, 9.17) is 41.8 Å². The first kappa shape index (κ1) is 88.8. The van der Waals surface area contributed by atoms with Gasteiger partial charge in [-0.15, -0.1) is 10.2 Å². The zero-order valence-corrected chi connectivity index (χ0v) is 68.7. The number of aromatic nitrogens is 10. The van der Waals surface area contributed by atoms with Crippen LogP contribution in [0, 0.1) is 13.8 Å². The maximum Gasteiger partial charge on any atom is 0.330 e. The van der Waals surface area contributed by atoms with Crippen molar-refractivity contribution in [3.63, 3.8) is 0 Å². The Labute approximate surface area is 674 Å². The van der Waals surface area contributed by atoms with Crippen LogP contribution < -0.4 is 42.9 Å². The predicted molar refractivity (Wildman–Crippen MR) is 437 cm³/mol. The van der Waals surface area contributed by atoms with Gasteiger partial charge in [-0.05, 0) is 69.2 Å². The van der Waals surface area contributed by atoms with Gasteiger partial charge in [0.2, 0.25) is 23.6 Å². The quantitative estimate of drug-likeness (QED) is 0.0176. The van der Waals surface area contributed by atoms with Gasteiger partial charge < -0.3 is 71.9 Å². The molecule has 1 saturated heterocycles. The molecule has 630 valence electrons. The number of rotatable bonds is 41. The highest BCUT2D eigenvalue weighted by Gasteiger charge is 2.41. The number of aliphatic hydroxyl groups excluding tert-OH is 1. The van der Waals surface area contributed by atoms with E-state index in [0.717, 1.165) is 57.6 Å². The number of carbonyl (C=O) groups is 4. The van der Waals surface area contributed by atoms with E-state index in [-0.39, 0.29) is 124 Å². The maximum atomic E-state index is 13.8. The molecule has 7 atom stereocenters. The number of amides is 4. The van der Waals surface area contributed by atoms with E-state index in [1.807, 2.05) is 113 Å². The van der Waals surface area contributed by atoms with Crippen LogP contribution in [0.3, 0.4) is 0 Å². The Hall–Kier alpha value is -9.54. The van der Waals surface area contributed by atoms with Crippen LogP contribution in [0.25, 0.3) is 45.0 Å². The van der Waals surface area contributed by atoms with Crippen LogP contribution in [-0.2, 0) is 103 Å². The average molecular weight is 1650 g/mol. The summed E-state index contributed by atoms with van der Waals surface area (Å²) in [4.78, 5) is 109. The van der Waals surface area contributed by atoms with Crippen LogP contribution >= 0.6 is 15.2 Å². The summed E-state index contributed by atoms with van der Waals surface area (Å²) in [5.74, 6) is -1.02. The van der Waals surface area contributed by atoms with Gasteiger partial charge in [-0.3, -0.25) is 52.4 Å². The number of aryl methyl sites for hydroxylation is 3. The number of hydrogen-bond donors (Lipinski definition) is 5. The van der Waals surface area contributed by atoms with Crippen molar-refractivity contribution in [3.05, 3.63) is 173 Å². The van der Waals surface area contributed by atoms with E-state index in [1.165, 1.54) is 34.9 Å². The Bertz CT molecular complexity index is 4800. The van der Waals surface area contributed by atoms with Gasteiger partial charge in [0.15, 0.2) is 0 Å². The molecule has 3 aliphatic heterocycles. The molecule has 0 saturated carbocycles. The summed E-state index contributed by atoms with van der Waals surface area (Å²) in [5.41, 5.74) is 8.32. The summed E-state index contributed by atoms with van der Waals surface area (Å²) < 4.78 is 83.7. The number of aromatic amines is 2. The first-order valence-electron chi connectivity index (χ1n) is 39.4. The Balaban J connectivity index is 0.000000289. The molecule has 34 nitrogen and oxygen atoms in total. The van der Waals surface area contributed by atoms with Crippen molar-refractivity contribution in [1.29, 1.82) is 0 Å². The number of ether oxygens (including phenoxy) is 5. The highest BCUT2D eigenvalue weighted by atomic mass is 31.2. The van der Waals surface area contributed by atoms with E-state index in [9.17, 15) is 52.6 Å². The molecule has 0 bridgehead atoms. The molecular formula is C80H110N14O20P2. The number of aliphatic hydroxyl groups is 1. The Morgan fingerprint density at radius 2 is 1.04 bits per heavy atom. The van der Waals surface area contributed by atoms with Gasteiger partial charge in [-0.2, -0.15) is 0 Å². The maximum absolute atomic E-state index is 13.8. The highest BCUT2D eigenvalue weighted by molar-refractivity contribution is 7.53. The number of fused-ring (bicyclic) bond motifs is 10. The molecule has 0 spiro atoms. The summed E-state index contributed by atoms with van der Waals surface area (Å²) in [5, 5.41) is 34.2. The molecule has 8 aromatic rings. The molecule has 11 rings (SSSR count). The third-order valence-corrected chi connectivity index (χ3v) is 22.1. The molecule has 1 fully saturated rings. The SMILES string of the molecule is CCCOCCn1nnc2c1-c1ccccc1CN(C(=O)CCC(=O)NCCOCCOP(C)(=O)O[C@@H]1C[C@H](n3cc(C)c(=O)[nH]c3=O)O[C@@H]1CC)c1ccccc1-2.CCCOCCn1nnc2c1-c1ccccc1CN(C(=O)CCC(=O)NCCOCCOP(C)(=O)O[C@H](CCn1cc(C)c(=O)[nH]c1=O)[C@H](O)CC)c1ccccc1-2.[HH].[HH]. The molecule has 116 heavy (non-hydrogen) atoms. The Kier molecular flexibility index (Phi) is 33.0. The van der Waals surface area contributed by atoms with Gasteiger partial charge >= 0.3 is 26.6 Å². The lowest BCUT2D eigenvalue weighted by Gasteiger charge is -2.28. The standard InChI is InChI=1S/C40H52N7O10P.C40H54N7O10P.2H2/c1-5-19-53-21-18-47-38-29-12-8-7-11-28(29)26-45(31-14-10-9-13-30(31)37(38)43-44-47)35(49)16-15-34(48)41-17-20-54-22-23-55-58(4,52)57-33-24-36(56-32(33)6-2)46-25-27(3)39(50)42-40(46)51;1-5-21-54-23-20-47-38-30-12-8-7-11-29(30)27-46(32-14-10-9-13-31(32)37(38)43-44-47)36(50)16-15-35(49)41-18-22-55-24-25-56-58(4,53)57-34(33(48)6-2)17-19-45-26-28(3)39(51)42-40(45)52;;/h7-14,25,32-33,36H,5-6,15-24,26H2,1-4H3,(H,41,48)(H,42,50,51);7-14,26,33-34,48H,5-6,15-25,27H2,1-4H3,(H,41,49)(H,42,51,52);2*1H/t32-,33-,36-,58?;33-,34-,58?;;/m11../s1. The number of carbonyl (C=O) groups excluding carboxylic acids is 4. The minimum Gasteiger partial charge on any atom is -0.390 e. The predicted octanol–water partition coefficient (Wildman–Crippen LogP) is 9.11. The minimum absolute atomic E-state index is 0. The van der Waals surface area contributed by atoms with Crippen LogP contribution in [0.1, 0.15) is 123 Å². The zero-order chi connectivity index (χ0) is 82.9. The van der Waals surface area contributed by atoms with Crippen molar-refractivity contribution in [1.82, 2.24) is 59.7 Å². The van der Waals surface area contributed by atoms with Crippen LogP contribution in [0.4, 0.5) is 11.4 Å². The molecule has 2 unspecified atom stereocenters. The summed E-state index contributed by atoms with van der Waals surface area (Å²) in [6.07, 6.45) is 2.30. The molecule has 4 aromatic carbocycles. The number of anilines is 2. The fraction of sp³-hybridized carbons (Fsp3) is 0.500. The van der Waals surface area contributed by atoms with Crippen LogP contribution in [0.5, 0.6) is 0 Å². The largest absolute Gasteiger partial charge is 0.390 e. The Morgan fingerprint density at radius 3 is 1.54 bits per heavy atom. The van der Waals surface area contributed by atoms with Crippen LogP contribution in [0.2, 0.25) is 0 Å². The van der Waals surface area contributed by atoms with Crippen molar-refractivity contribution in [2.24, 2.45) is 0 Å².